The summed E-state index contributed by atoms with van der Waals surface area (Å²) in [5.41, 5.74) is 2.94. The van der Waals surface area contributed by atoms with Crippen LogP contribution in [0.15, 0.2) is 41.2 Å². The summed E-state index contributed by atoms with van der Waals surface area (Å²) in [6, 6.07) is 12.4. The molecule has 0 saturated carbocycles. The fraction of sp³-hybridized carbons (Fsp3) is 0.560. The Balaban J connectivity index is 1.39. The third-order valence-corrected chi connectivity index (χ3v) is 6.92. The zero-order chi connectivity index (χ0) is 20.9. The number of rotatable bonds is 6. The van der Waals surface area contributed by atoms with Crippen molar-refractivity contribution in [3.8, 4) is 5.75 Å². The molecule has 2 aliphatic rings. The molecule has 162 valence electrons. The van der Waals surface area contributed by atoms with Crippen molar-refractivity contribution in [3.05, 3.63) is 63.6 Å². The predicted octanol–water partition coefficient (Wildman–Crippen LogP) is 3.53. The van der Waals surface area contributed by atoms with Crippen LogP contribution in [0.1, 0.15) is 49.1 Å². The van der Waals surface area contributed by atoms with Crippen LogP contribution in [0.25, 0.3) is 0 Å². The quantitative estimate of drug-likeness (QED) is 0.793. The molecule has 5 heteroatoms. The third kappa shape index (κ3) is 5.13. The summed E-state index contributed by atoms with van der Waals surface area (Å²) in [5, 5.41) is 10.5. The monoisotopic (exact) mass is 409 g/mol. The SMILES string of the molecule is Cn1c(CN2CCCCC2)cc(=O)c(O)c1CN1CCC(Cc2ccccc2)CC1. The Kier molecular flexibility index (Phi) is 6.90. The molecule has 0 radical (unpaired) electrons. The molecule has 0 unspecified atom stereocenters. The van der Waals surface area contributed by atoms with Crippen LogP contribution in [-0.2, 0) is 26.6 Å². The van der Waals surface area contributed by atoms with Gasteiger partial charge in [-0.2, -0.15) is 0 Å². The lowest BCUT2D eigenvalue weighted by Crippen LogP contribution is -2.36. The number of benzene rings is 1. The van der Waals surface area contributed by atoms with Crippen LogP contribution in [0.4, 0.5) is 0 Å². The fourth-order valence-electron chi connectivity index (χ4n) is 4.98. The summed E-state index contributed by atoms with van der Waals surface area (Å²) in [4.78, 5) is 17.3. The van der Waals surface area contributed by atoms with Crippen LogP contribution < -0.4 is 5.43 Å². The van der Waals surface area contributed by atoms with E-state index in [-0.39, 0.29) is 11.2 Å². The number of nitrogens with zero attached hydrogens (tertiary/aromatic N) is 3. The van der Waals surface area contributed by atoms with E-state index in [1.807, 2.05) is 7.05 Å². The molecule has 0 bridgehead atoms. The summed E-state index contributed by atoms with van der Waals surface area (Å²) in [6.45, 7) is 5.66. The maximum atomic E-state index is 12.5. The van der Waals surface area contributed by atoms with Crippen LogP contribution in [0.3, 0.4) is 0 Å². The first-order valence-electron chi connectivity index (χ1n) is 11.5. The standard InChI is InChI=1S/C25H35N3O2/c1-26-22(18-27-12-6-3-7-13-27)17-24(29)25(30)23(26)19-28-14-10-21(11-15-28)16-20-8-4-2-5-9-20/h2,4-5,8-9,17,21,30H,3,6-7,10-16,18-19H2,1H3. The molecule has 30 heavy (non-hydrogen) atoms. The number of aromatic nitrogens is 1. The topological polar surface area (TPSA) is 48.7 Å². The summed E-state index contributed by atoms with van der Waals surface area (Å²) in [5.74, 6) is 0.637. The second-order valence-electron chi connectivity index (χ2n) is 9.10. The smallest absolute Gasteiger partial charge is 0.223 e. The minimum atomic E-state index is -0.242. The third-order valence-electron chi connectivity index (χ3n) is 6.92. The number of aromatic hydroxyl groups is 1. The largest absolute Gasteiger partial charge is 0.503 e. The molecule has 5 nitrogen and oxygen atoms in total. The molecule has 2 saturated heterocycles. The van der Waals surface area contributed by atoms with Crippen molar-refractivity contribution in [1.82, 2.24) is 14.4 Å². The van der Waals surface area contributed by atoms with Gasteiger partial charge in [0.25, 0.3) is 0 Å². The van der Waals surface area contributed by atoms with Crippen molar-refractivity contribution in [2.45, 2.75) is 51.6 Å². The van der Waals surface area contributed by atoms with Crippen molar-refractivity contribution >= 4 is 0 Å². The normalized spacial score (nSPS) is 19.2. The van der Waals surface area contributed by atoms with Crippen molar-refractivity contribution in [1.29, 1.82) is 0 Å². The molecular formula is C25H35N3O2. The van der Waals surface area contributed by atoms with E-state index in [1.165, 1.54) is 24.8 Å². The Morgan fingerprint density at radius 3 is 2.30 bits per heavy atom. The Morgan fingerprint density at radius 1 is 0.933 bits per heavy atom. The van der Waals surface area contributed by atoms with E-state index >= 15 is 0 Å². The van der Waals surface area contributed by atoms with E-state index in [1.54, 1.807) is 6.07 Å². The van der Waals surface area contributed by atoms with Gasteiger partial charge in [0, 0.05) is 31.9 Å². The zero-order valence-electron chi connectivity index (χ0n) is 18.2. The first kappa shape index (κ1) is 21.1. The fourth-order valence-corrected chi connectivity index (χ4v) is 4.98. The minimum absolute atomic E-state index is 0.0775. The van der Waals surface area contributed by atoms with E-state index in [0.717, 1.165) is 63.4 Å². The molecule has 0 spiro atoms. The molecule has 3 heterocycles. The number of likely N-dealkylation sites (tertiary alicyclic amines) is 2. The summed E-state index contributed by atoms with van der Waals surface area (Å²) in [7, 11) is 2.00. The van der Waals surface area contributed by atoms with E-state index < -0.39 is 0 Å². The van der Waals surface area contributed by atoms with Gasteiger partial charge in [-0.15, -0.1) is 0 Å². The van der Waals surface area contributed by atoms with E-state index in [2.05, 4.69) is 44.7 Å². The van der Waals surface area contributed by atoms with Crippen molar-refractivity contribution in [3.63, 3.8) is 0 Å². The van der Waals surface area contributed by atoms with Gasteiger partial charge in [0.05, 0.1) is 5.69 Å². The molecule has 2 fully saturated rings. The van der Waals surface area contributed by atoms with Gasteiger partial charge < -0.3 is 9.67 Å². The van der Waals surface area contributed by atoms with Gasteiger partial charge in [0.2, 0.25) is 5.43 Å². The molecule has 1 aromatic carbocycles. The van der Waals surface area contributed by atoms with Crippen molar-refractivity contribution in [2.75, 3.05) is 26.2 Å². The minimum Gasteiger partial charge on any atom is -0.503 e. The van der Waals surface area contributed by atoms with Crippen LogP contribution in [0, 0.1) is 5.92 Å². The van der Waals surface area contributed by atoms with Crippen LogP contribution in [-0.4, -0.2) is 45.7 Å². The van der Waals surface area contributed by atoms with Gasteiger partial charge >= 0.3 is 0 Å². The van der Waals surface area contributed by atoms with Crippen LogP contribution >= 0.6 is 0 Å². The lowest BCUT2D eigenvalue weighted by molar-refractivity contribution is 0.170. The Labute approximate surface area is 179 Å². The maximum Gasteiger partial charge on any atom is 0.223 e. The molecule has 0 atom stereocenters. The zero-order valence-corrected chi connectivity index (χ0v) is 18.2. The van der Waals surface area contributed by atoms with Gasteiger partial charge in [-0.25, -0.2) is 0 Å². The average Bonchev–Trinajstić information content (AvgIpc) is 2.78. The summed E-state index contributed by atoms with van der Waals surface area (Å²) >= 11 is 0. The second kappa shape index (κ2) is 9.80. The molecule has 2 aliphatic heterocycles. The Morgan fingerprint density at radius 2 is 1.60 bits per heavy atom. The first-order valence-corrected chi connectivity index (χ1v) is 11.5. The molecule has 2 aromatic rings. The number of hydrogen-bond acceptors (Lipinski definition) is 4. The number of piperidine rings is 2. The lowest BCUT2D eigenvalue weighted by Gasteiger charge is -2.33. The Bertz CT molecular complexity index is 879. The Hall–Kier alpha value is -2.11. The van der Waals surface area contributed by atoms with Crippen LogP contribution in [0.5, 0.6) is 5.75 Å². The molecule has 1 aromatic heterocycles. The highest BCUT2D eigenvalue weighted by molar-refractivity contribution is 5.30. The lowest BCUT2D eigenvalue weighted by atomic mass is 9.90. The highest BCUT2D eigenvalue weighted by Crippen LogP contribution is 2.25. The van der Waals surface area contributed by atoms with E-state index in [0.29, 0.717) is 12.5 Å². The number of hydrogen-bond donors (Lipinski definition) is 1. The van der Waals surface area contributed by atoms with Crippen LogP contribution in [0.2, 0.25) is 0 Å². The second-order valence-corrected chi connectivity index (χ2v) is 9.10. The van der Waals surface area contributed by atoms with Gasteiger partial charge in [-0.1, -0.05) is 36.8 Å². The van der Waals surface area contributed by atoms with Gasteiger partial charge in [-0.3, -0.25) is 14.6 Å². The van der Waals surface area contributed by atoms with Gasteiger partial charge in [-0.05, 0) is 69.8 Å². The van der Waals surface area contributed by atoms with Gasteiger partial charge in [0.1, 0.15) is 0 Å². The molecule has 0 amide bonds. The highest BCUT2D eigenvalue weighted by Gasteiger charge is 2.23. The average molecular weight is 410 g/mol. The molecular weight excluding hydrogens is 374 g/mol. The first-order chi connectivity index (χ1) is 14.6. The summed E-state index contributed by atoms with van der Waals surface area (Å²) < 4.78 is 2.06. The molecule has 4 rings (SSSR count). The van der Waals surface area contributed by atoms with Crippen molar-refractivity contribution in [2.24, 2.45) is 13.0 Å². The van der Waals surface area contributed by atoms with Crippen molar-refractivity contribution < 1.29 is 5.11 Å². The summed E-state index contributed by atoms with van der Waals surface area (Å²) in [6.07, 6.45) is 7.24. The maximum absolute atomic E-state index is 12.5. The molecule has 0 aliphatic carbocycles. The highest BCUT2D eigenvalue weighted by atomic mass is 16.3. The van der Waals surface area contributed by atoms with Gasteiger partial charge in [0.15, 0.2) is 5.75 Å². The van der Waals surface area contributed by atoms with E-state index in [9.17, 15) is 9.90 Å². The predicted molar refractivity (Wildman–Crippen MR) is 121 cm³/mol. The molecule has 1 N–H and O–H groups in total. The number of pyridine rings is 1. The van der Waals surface area contributed by atoms with E-state index in [4.69, 9.17) is 0 Å².